The fourth-order valence-electron chi connectivity index (χ4n) is 2.57. The highest BCUT2D eigenvalue weighted by Crippen LogP contribution is 2.35. The highest BCUT2D eigenvalue weighted by Gasteiger charge is 2.16. The Morgan fingerprint density at radius 2 is 1.96 bits per heavy atom. The van der Waals surface area contributed by atoms with Crippen molar-refractivity contribution < 1.29 is 4.52 Å². The van der Waals surface area contributed by atoms with Crippen molar-refractivity contribution in [3.63, 3.8) is 0 Å². The zero-order chi connectivity index (χ0) is 17.9. The summed E-state index contributed by atoms with van der Waals surface area (Å²) in [5, 5.41) is 7.25. The van der Waals surface area contributed by atoms with Gasteiger partial charge in [0, 0.05) is 36.1 Å². The molecule has 0 fully saturated rings. The van der Waals surface area contributed by atoms with Gasteiger partial charge in [0.15, 0.2) is 5.76 Å². The maximum Gasteiger partial charge on any atom is 0.223 e. The van der Waals surface area contributed by atoms with E-state index in [1.807, 2.05) is 25.1 Å². The lowest BCUT2D eigenvalue weighted by molar-refractivity contribution is 0.427. The second kappa shape index (κ2) is 7.05. The molecule has 4 rings (SSSR count). The van der Waals surface area contributed by atoms with E-state index in [-0.39, 0.29) is 0 Å². The van der Waals surface area contributed by atoms with Crippen LogP contribution in [-0.4, -0.2) is 20.1 Å². The van der Waals surface area contributed by atoms with Gasteiger partial charge < -0.3 is 9.84 Å². The lowest BCUT2D eigenvalue weighted by Gasteiger charge is -2.09. The van der Waals surface area contributed by atoms with E-state index >= 15 is 0 Å². The van der Waals surface area contributed by atoms with Crippen LogP contribution in [0.5, 0.6) is 0 Å². The summed E-state index contributed by atoms with van der Waals surface area (Å²) in [5.41, 5.74) is 3.62. The largest absolute Gasteiger partial charge is 0.356 e. The molecule has 0 radical (unpaired) electrons. The number of anilines is 1. The number of aryl methyl sites for hydroxylation is 2. The Bertz CT molecular complexity index is 1030. The van der Waals surface area contributed by atoms with Crippen molar-refractivity contribution in [2.75, 3.05) is 5.32 Å². The van der Waals surface area contributed by atoms with E-state index in [1.54, 1.807) is 29.9 Å². The first-order valence-electron chi connectivity index (χ1n) is 8.19. The highest BCUT2D eigenvalue weighted by atomic mass is 32.1. The van der Waals surface area contributed by atoms with Gasteiger partial charge in [-0.25, -0.2) is 9.97 Å². The summed E-state index contributed by atoms with van der Waals surface area (Å²) in [6.45, 7) is 4.61. The minimum Gasteiger partial charge on any atom is -0.356 e. The Morgan fingerprint density at radius 3 is 2.65 bits per heavy atom. The fraction of sp³-hybridized carbons (Fsp3) is 0.158. The molecule has 7 heteroatoms. The third kappa shape index (κ3) is 3.48. The summed E-state index contributed by atoms with van der Waals surface area (Å²) in [7, 11) is 0. The zero-order valence-electron chi connectivity index (χ0n) is 14.4. The standard InChI is InChI=1S/C19H17N5OS/c1-12-9-16(25-24-12)15-11-22-19(21-10-14-5-7-20-8-6-14)23-18(15)17-4-3-13(2)26-17/h3-9,11H,10H2,1-2H3,(H,21,22,23). The first-order chi connectivity index (χ1) is 12.7. The van der Waals surface area contributed by atoms with Crippen LogP contribution in [-0.2, 0) is 6.54 Å². The van der Waals surface area contributed by atoms with Gasteiger partial charge in [0.25, 0.3) is 0 Å². The van der Waals surface area contributed by atoms with Crippen molar-refractivity contribution in [2.45, 2.75) is 20.4 Å². The topological polar surface area (TPSA) is 76.7 Å². The minimum absolute atomic E-state index is 0.572. The van der Waals surface area contributed by atoms with Gasteiger partial charge >= 0.3 is 0 Å². The number of hydrogen-bond donors (Lipinski definition) is 1. The molecule has 0 aliphatic carbocycles. The van der Waals surface area contributed by atoms with Crippen molar-refractivity contribution in [3.8, 4) is 21.9 Å². The number of aromatic nitrogens is 4. The van der Waals surface area contributed by atoms with E-state index in [0.717, 1.165) is 27.4 Å². The van der Waals surface area contributed by atoms with Gasteiger partial charge in [-0.05, 0) is 43.7 Å². The van der Waals surface area contributed by atoms with Crippen LogP contribution in [0.3, 0.4) is 0 Å². The van der Waals surface area contributed by atoms with E-state index < -0.39 is 0 Å². The van der Waals surface area contributed by atoms with E-state index in [1.165, 1.54) is 4.88 Å². The predicted molar refractivity (Wildman–Crippen MR) is 102 cm³/mol. The fourth-order valence-corrected chi connectivity index (χ4v) is 3.44. The summed E-state index contributed by atoms with van der Waals surface area (Å²) in [5.74, 6) is 1.24. The number of rotatable bonds is 5. The lowest BCUT2D eigenvalue weighted by Crippen LogP contribution is -2.04. The van der Waals surface area contributed by atoms with Crippen LogP contribution in [0.2, 0.25) is 0 Å². The van der Waals surface area contributed by atoms with Gasteiger partial charge in [0.2, 0.25) is 5.95 Å². The molecule has 26 heavy (non-hydrogen) atoms. The predicted octanol–water partition coefficient (Wildman–Crippen LogP) is 4.48. The number of nitrogens with zero attached hydrogens (tertiary/aromatic N) is 4. The van der Waals surface area contributed by atoms with Crippen LogP contribution >= 0.6 is 11.3 Å². The molecule has 0 spiro atoms. The third-order valence-corrected chi connectivity index (χ3v) is 4.86. The van der Waals surface area contributed by atoms with Crippen molar-refractivity contribution in [1.82, 2.24) is 20.1 Å². The molecule has 0 saturated heterocycles. The summed E-state index contributed by atoms with van der Waals surface area (Å²) >= 11 is 1.69. The molecule has 0 atom stereocenters. The van der Waals surface area contributed by atoms with E-state index in [0.29, 0.717) is 18.3 Å². The Balaban J connectivity index is 1.69. The van der Waals surface area contributed by atoms with Crippen LogP contribution in [0.25, 0.3) is 21.9 Å². The second-order valence-corrected chi connectivity index (χ2v) is 7.20. The molecule has 1 N–H and O–H groups in total. The average molecular weight is 363 g/mol. The zero-order valence-corrected chi connectivity index (χ0v) is 15.2. The number of nitrogens with one attached hydrogen (secondary N) is 1. The van der Waals surface area contributed by atoms with Crippen LogP contribution in [0.4, 0.5) is 5.95 Å². The number of thiophene rings is 1. The Kier molecular flexibility index (Phi) is 4.45. The van der Waals surface area contributed by atoms with E-state index in [2.05, 4.69) is 39.5 Å². The molecule has 4 heterocycles. The maximum atomic E-state index is 5.44. The molecular weight excluding hydrogens is 346 g/mol. The Morgan fingerprint density at radius 1 is 1.12 bits per heavy atom. The highest BCUT2D eigenvalue weighted by molar-refractivity contribution is 7.15. The quantitative estimate of drug-likeness (QED) is 0.563. The molecular formula is C19H17N5OS. The molecule has 130 valence electrons. The van der Waals surface area contributed by atoms with Crippen LogP contribution in [0.1, 0.15) is 16.1 Å². The SMILES string of the molecule is Cc1cc(-c2cnc(NCc3ccncc3)nc2-c2ccc(C)s2)on1. The second-order valence-electron chi connectivity index (χ2n) is 5.91. The van der Waals surface area contributed by atoms with Gasteiger partial charge in [0.1, 0.15) is 0 Å². The first kappa shape index (κ1) is 16.4. The molecule has 0 bridgehead atoms. The molecule has 4 aromatic rings. The van der Waals surface area contributed by atoms with Gasteiger partial charge in [0.05, 0.1) is 21.8 Å². The monoisotopic (exact) mass is 363 g/mol. The molecule has 0 saturated carbocycles. The smallest absolute Gasteiger partial charge is 0.223 e. The average Bonchev–Trinajstić information content (AvgIpc) is 3.29. The van der Waals surface area contributed by atoms with Gasteiger partial charge in [-0.15, -0.1) is 11.3 Å². The molecule has 0 amide bonds. The minimum atomic E-state index is 0.572. The summed E-state index contributed by atoms with van der Waals surface area (Å²) in [6.07, 6.45) is 5.33. The molecule has 0 aliphatic heterocycles. The number of pyridine rings is 1. The van der Waals surface area contributed by atoms with Crippen molar-refractivity contribution in [3.05, 3.63) is 65.1 Å². The third-order valence-electron chi connectivity index (χ3n) is 3.86. The number of hydrogen-bond acceptors (Lipinski definition) is 7. The van der Waals surface area contributed by atoms with Gasteiger partial charge in [-0.3, -0.25) is 4.98 Å². The Hall–Kier alpha value is -3.06. The molecule has 0 unspecified atom stereocenters. The lowest BCUT2D eigenvalue weighted by atomic mass is 10.1. The molecule has 0 aliphatic rings. The van der Waals surface area contributed by atoms with Gasteiger partial charge in [-0.1, -0.05) is 5.16 Å². The van der Waals surface area contributed by atoms with Gasteiger partial charge in [-0.2, -0.15) is 0 Å². The van der Waals surface area contributed by atoms with Crippen LogP contribution in [0, 0.1) is 13.8 Å². The van der Waals surface area contributed by atoms with Crippen LogP contribution in [0.15, 0.2) is 53.4 Å². The Labute approximate surface area is 155 Å². The molecule has 6 nitrogen and oxygen atoms in total. The first-order valence-corrected chi connectivity index (χ1v) is 9.01. The summed E-state index contributed by atoms with van der Waals surface area (Å²) < 4.78 is 5.44. The van der Waals surface area contributed by atoms with E-state index in [4.69, 9.17) is 9.51 Å². The van der Waals surface area contributed by atoms with Crippen molar-refractivity contribution >= 4 is 17.3 Å². The summed E-state index contributed by atoms with van der Waals surface area (Å²) in [6, 6.07) is 9.97. The molecule has 4 aromatic heterocycles. The normalized spacial score (nSPS) is 10.8. The maximum absolute atomic E-state index is 5.44. The molecule has 0 aromatic carbocycles. The van der Waals surface area contributed by atoms with E-state index in [9.17, 15) is 0 Å². The van der Waals surface area contributed by atoms with Crippen molar-refractivity contribution in [1.29, 1.82) is 0 Å². The van der Waals surface area contributed by atoms with Crippen molar-refractivity contribution in [2.24, 2.45) is 0 Å². The van der Waals surface area contributed by atoms with Crippen LogP contribution < -0.4 is 5.32 Å². The summed E-state index contributed by atoms with van der Waals surface area (Å²) in [4.78, 5) is 15.5.